The molecule has 0 radical (unpaired) electrons. The van der Waals surface area contributed by atoms with E-state index in [1.807, 2.05) is 36.4 Å². The van der Waals surface area contributed by atoms with Crippen LogP contribution in [0.4, 0.5) is 0 Å². The maximum absolute atomic E-state index is 11.4. The summed E-state index contributed by atoms with van der Waals surface area (Å²) in [7, 11) is 0. The number of hydrogen-bond donors (Lipinski definition) is 1. The minimum atomic E-state index is -0.813. The molecule has 1 N–H and O–H groups in total. The number of aliphatic carboxylic acids is 1. The molecule has 6 nitrogen and oxygen atoms in total. The van der Waals surface area contributed by atoms with E-state index in [0.717, 1.165) is 53.0 Å². The zero-order chi connectivity index (χ0) is 26.2. The predicted octanol–water partition coefficient (Wildman–Crippen LogP) is 6.63. The van der Waals surface area contributed by atoms with Crippen LogP contribution in [0.15, 0.2) is 60.7 Å². The van der Waals surface area contributed by atoms with Crippen LogP contribution in [0.5, 0.6) is 17.2 Å². The van der Waals surface area contributed by atoms with Crippen LogP contribution in [0, 0.1) is 12.8 Å². The summed E-state index contributed by atoms with van der Waals surface area (Å²) >= 11 is 0. The standard InChI is InChI=1S/C31H36O6/c1-4-5-13-34-14-15-35-25-9-11-27(21(2)16-25)24-8-6-7-23(17-24)19-36-26-10-12-28-29(22(3)31(32)33)20-37-30(28)18-26/h6-12,16-18,22,29H,4-5,13-15,19-20H2,1-3H3,(H,32,33). The fraction of sp³-hybridized carbons (Fsp3) is 0.387. The Morgan fingerprint density at radius 3 is 2.62 bits per heavy atom. The van der Waals surface area contributed by atoms with Gasteiger partial charge in [-0.05, 0) is 59.9 Å². The lowest BCUT2D eigenvalue weighted by Gasteiger charge is -2.14. The van der Waals surface area contributed by atoms with Crippen molar-refractivity contribution in [1.29, 1.82) is 0 Å². The molecule has 1 aliphatic heterocycles. The first kappa shape index (κ1) is 26.6. The van der Waals surface area contributed by atoms with Crippen LogP contribution in [-0.2, 0) is 16.1 Å². The molecular formula is C31H36O6. The normalized spacial score (nSPS) is 15.1. The van der Waals surface area contributed by atoms with Crippen molar-refractivity contribution in [2.24, 2.45) is 5.92 Å². The highest BCUT2D eigenvalue weighted by Gasteiger charge is 2.33. The molecule has 1 aliphatic rings. The maximum Gasteiger partial charge on any atom is 0.306 e. The molecule has 0 saturated carbocycles. The first-order valence-electron chi connectivity index (χ1n) is 13.0. The molecule has 0 bridgehead atoms. The zero-order valence-electron chi connectivity index (χ0n) is 21.9. The summed E-state index contributed by atoms with van der Waals surface area (Å²) in [5.41, 5.74) is 5.40. The second-order valence-electron chi connectivity index (χ2n) is 9.52. The van der Waals surface area contributed by atoms with Crippen molar-refractivity contribution in [3.8, 4) is 28.4 Å². The maximum atomic E-state index is 11.4. The molecule has 2 atom stereocenters. The predicted molar refractivity (Wildman–Crippen MR) is 144 cm³/mol. The molecule has 0 amide bonds. The van der Waals surface area contributed by atoms with Crippen molar-refractivity contribution in [3.05, 3.63) is 77.4 Å². The van der Waals surface area contributed by atoms with E-state index in [0.29, 0.717) is 37.9 Å². The SMILES string of the molecule is CCCCOCCOc1ccc(-c2cccc(COc3ccc4c(c3)OCC4C(C)C(=O)O)c2)c(C)c1. The molecule has 1 heterocycles. The number of aryl methyl sites for hydroxylation is 1. The van der Waals surface area contributed by atoms with Gasteiger partial charge in [-0.25, -0.2) is 0 Å². The Morgan fingerprint density at radius 2 is 1.84 bits per heavy atom. The third-order valence-corrected chi connectivity index (χ3v) is 6.78. The highest BCUT2D eigenvalue weighted by molar-refractivity contribution is 5.72. The van der Waals surface area contributed by atoms with E-state index in [1.165, 1.54) is 0 Å². The fourth-order valence-electron chi connectivity index (χ4n) is 4.50. The third-order valence-electron chi connectivity index (χ3n) is 6.78. The molecule has 4 rings (SSSR count). The van der Waals surface area contributed by atoms with Gasteiger partial charge >= 0.3 is 5.97 Å². The molecule has 0 spiro atoms. The van der Waals surface area contributed by atoms with Crippen molar-refractivity contribution in [2.75, 3.05) is 26.4 Å². The first-order valence-corrected chi connectivity index (χ1v) is 13.0. The van der Waals surface area contributed by atoms with Gasteiger partial charge < -0.3 is 24.1 Å². The van der Waals surface area contributed by atoms with Crippen molar-refractivity contribution in [3.63, 3.8) is 0 Å². The number of fused-ring (bicyclic) bond motifs is 1. The van der Waals surface area contributed by atoms with Crippen LogP contribution in [0.2, 0.25) is 0 Å². The Hall–Kier alpha value is -3.51. The van der Waals surface area contributed by atoms with Crippen LogP contribution in [0.3, 0.4) is 0 Å². The van der Waals surface area contributed by atoms with Crippen molar-refractivity contribution in [2.45, 2.75) is 46.1 Å². The largest absolute Gasteiger partial charge is 0.492 e. The van der Waals surface area contributed by atoms with Crippen molar-refractivity contribution < 1.29 is 28.8 Å². The molecule has 0 aromatic heterocycles. The summed E-state index contributed by atoms with van der Waals surface area (Å²) in [6, 6.07) is 20.1. The van der Waals surface area contributed by atoms with Gasteiger partial charge in [0.2, 0.25) is 0 Å². The molecule has 3 aromatic rings. The lowest BCUT2D eigenvalue weighted by Crippen LogP contribution is -2.19. The second-order valence-corrected chi connectivity index (χ2v) is 9.52. The Kier molecular flexibility index (Phi) is 9.07. The van der Waals surface area contributed by atoms with Gasteiger partial charge in [0, 0.05) is 24.2 Å². The van der Waals surface area contributed by atoms with Crippen LogP contribution < -0.4 is 14.2 Å². The summed E-state index contributed by atoms with van der Waals surface area (Å²) in [5, 5.41) is 9.34. The highest BCUT2D eigenvalue weighted by atomic mass is 16.5. The minimum Gasteiger partial charge on any atom is -0.492 e. The number of carbonyl (C=O) groups is 1. The summed E-state index contributed by atoms with van der Waals surface area (Å²) in [4.78, 5) is 11.4. The summed E-state index contributed by atoms with van der Waals surface area (Å²) in [5.74, 6) is 0.797. The van der Waals surface area contributed by atoms with Crippen LogP contribution >= 0.6 is 0 Å². The summed E-state index contributed by atoms with van der Waals surface area (Å²) in [6.45, 7) is 8.68. The van der Waals surface area contributed by atoms with Crippen LogP contribution in [0.1, 0.15) is 49.3 Å². The lowest BCUT2D eigenvalue weighted by atomic mass is 9.89. The van der Waals surface area contributed by atoms with E-state index >= 15 is 0 Å². The Morgan fingerprint density at radius 1 is 1.03 bits per heavy atom. The van der Waals surface area contributed by atoms with E-state index in [-0.39, 0.29) is 5.92 Å². The van der Waals surface area contributed by atoms with Gasteiger partial charge in [-0.15, -0.1) is 0 Å². The van der Waals surface area contributed by atoms with Crippen LogP contribution in [0.25, 0.3) is 11.1 Å². The fourth-order valence-corrected chi connectivity index (χ4v) is 4.50. The van der Waals surface area contributed by atoms with Crippen molar-refractivity contribution >= 4 is 5.97 Å². The smallest absolute Gasteiger partial charge is 0.306 e. The second kappa shape index (κ2) is 12.6. The topological polar surface area (TPSA) is 74.2 Å². The van der Waals surface area contributed by atoms with E-state index in [1.54, 1.807) is 6.92 Å². The average molecular weight is 505 g/mol. The van der Waals surface area contributed by atoms with Gasteiger partial charge in [0.05, 0.1) is 19.1 Å². The monoisotopic (exact) mass is 504 g/mol. The lowest BCUT2D eigenvalue weighted by molar-refractivity contribution is -0.142. The molecule has 6 heteroatoms. The summed E-state index contributed by atoms with van der Waals surface area (Å²) in [6.07, 6.45) is 2.21. The Bertz CT molecular complexity index is 1200. The quantitative estimate of drug-likeness (QED) is 0.263. The average Bonchev–Trinajstić information content (AvgIpc) is 3.32. The van der Waals surface area contributed by atoms with E-state index in [4.69, 9.17) is 18.9 Å². The number of rotatable bonds is 13. The molecule has 196 valence electrons. The van der Waals surface area contributed by atoms with E-state index < -0.39 is 11.9 Å². The number of carboxylic acid groups (broad SMARTS) is 1. The molecular weight excluding hydrogens is 468 g/mol. The number of benzene rings is 3. The van der Waals surface area contributed by atoms with Crippen molar-refractivity contribution in [1.82, 2.24) is 0 Å². The third kappa shape index (κ3) is 6.83. The van der Waals surface area contributed by atoms with Gasteiger partial charge in [0.15, 0.2) is 0 Å². The minimum absolute atomic E-state index is 0.141. The number of carboxylic acids is 1. The van der Waals surface area contributed by atoms with Gasteiger partial charge in [-0.1, -0.05) is 50.6 Å². The van der Waals surface area contributed by atoms with Gasteiger partial charge in [0.25, 0.3) is 0 Å². The van der Waals surface area contributed by atoms with E-state index in [2.05, 4.69) is 38.1 Å². The molecule has 37 heavy (non-hydrogen) atoms. The van der Waals surface area contributed by atoms with Gasteiger partial charge in [-0.2, -0.15) is 0 Å². The number of unbranched alkanes of at least 4 members (excludes halogenated alkanes) is 1. The zero-order valence-corrected chi connectivity index (χ0v) is 21.9. The van der Waals surface area contributed by atoms with E-state index in [9.17, 15) is 9.90 Å². The molecule has 0 aliphatic carbocycles. The first-order chi connectivity index (χ1) is 18.0. The Labute approximate surface area is 219 Å². The number of hydrogen-bond acceptors (Lipinski definition) is 5. The molecule has 3 aromatic carbocycles. The van der Waals surface area contributed by atoms with Crippen LogP contribution in [-0.4, -0.2) is 37.5 Å². The molecule has 0 saturated heterocycles. The molecule has 0 fully saturated rings. The summed E-state index contributed by atoms with van der Waals surface area (Å²) < 4.78 is 23.2. The highest BCUT2D eigenvalue weighted by Crippen LogP contribution is 2.40. The van der Waals surface area contributed by atoms with Gasteiger partial charge in [-0.3, -0.25) is 4.79 Å². The Balaban J connectivity index is 1.35. The molecule has 2 unspecified atom stereocenters. The number of ether oxygens (including phenoxy) is 4. The van der Waals surface area contributed by atoms with Gasteiger partial charge in [0.1, 0.15) is 30.5 Å².